The molecule has 23 heavy (non-hydrogen) atoms. The van der Waals surface area contributed by atoms with Crippen LogP contribution in [0.4, 0.5) is 10.5 Å². The number of carbonyl (C=O) groups excluding carboxylic acids is 2. The summed E-state index contributed by atoms with van der Waals surface area (Å²) in [6.45, 7) is 0. The number of allylic oxidation sites excluding steroid dienone is 1. The van der Waals surface area contributed by atoms with Crippen LogP contribution < -0.4 is 9.73 Å². The molecule has 2 aliphatic heterocycles. The van der Waals surface area contributed by atoms with Gasteiger partial charge >= 0.3 is 6.03 Å². The predicted molar refractivity (Wildman–Crippen MR) is 84.6 cm³/mol. The maximum Gasteiger partial charge on any atom is 0.417 e. The molecular formula is C16H17N4O3+. The number of benzene rings is 1. The second kappa shape index (κ2) is 5.68. The number of rotatable bonds is 2. The van der Waals surface area contributed by atoms with Gasteiger partial charge in [-0.05, 0) is 24.3 Å². The first-order valence-corrected chi connectivity index (χ1v) is 7.10. The van der Waals surface area contributed by atoms with Crippen LogP contribution in [0.5, 0.6) is 5.75 Å². The third-order valence-electron chi connectivity index (χ3n) is 3.90. The molecular weight excluding hydrogens is 296 g/mol. The largest absolute Gasteiger partial charge is 0.497 e. The maximum absolute atomic E-state index is 12.5. The lowest BCUT2D eigenvalue weighted by Gasteiger charge is -2.31. The molecule has 1 N–H and O–H groups in total. The molecule has 118 valence electrons. The van der Waals surface area contributed by atoms with E-state index in [1.807, 2.05) is 12.1 Å². The zero-order chi connectivity index (χ0) is 16.6. The molecule has 0 aliphatic carbocycles. The fourth-order valence-electron chi connectivity index (χ4n) is 2.59. The van der Waals surface area contributed by atoms with Gasteiger partial charge in [-0.3, -0.25) is 9.79 Å². The normalized spacial score (nSPS) is 22.3. The summed E-state index contributed by atoms with van der Waals surface area (Å²) in [7, 11) is 4.70. The summed E-state index contributed by atoms with van der Waals surface area (Å²) in [6.07, 6.45) is 3.42. The molecule has 7 heteroatoms. The van der Waals surface area contributed by atoms with E-state index in [4.69, 9.17) is 4.74 Å². The Bertz CT molecular complexity index is 749. The molecule has 2 aliphatic rings. The second-order valence-electron chi connectivity index (χ2n) is 5.27. The summed E-state index contributed by atoms with van der Waals surface area (Å²) in [5.41, 5.74) is 1.29. The third kappa shape index (κ3) is 2.50. The van der Waals surface area contributed by atoms with E-state index in [2.05, 4.69) is 9.98 Å². The van der Waals surface area contributed by atoms with Crippen LogP contribution in [0.25, 0.3) is 0 Å². The van der Waals surface area contributed by atoms with Crippen molar-refractivity contribution < 1.29 is 19.3 Å². The number of nitrogens with one attached hydrogen (secondary N) is 1. The Hall–Kier alpha value is -2.96. The molecule has 1 aromatic carbocycles. The van der Waals surface area contributed by atoms with Crippen molar-refractivity contribution in [2.24, 2.45) is 10.9 Å². The number of carbonyl (C=O) groups is 2. The van der Waals surface area contributed by atoms with Crippen LogP contribution in [0, 0.1) is 5.92 Å². The monoisotopic (exact) mass is 313 g/mol. The van der Waals surface area contributed by atoms with Gasteiger partial charge in [-0.1, -0.05) is 0 Å². The molecule has 1 saturated heterocycles. The fraction of sp³-hybridized carbons (Fsp3) is 0.250. The SMILES string of the molecule is COc1ccc(N=C2C=C[NH+]=C3C2C(=O)N(C)C(=O)N3C)cc1. The Morgan fingerprint density at radius 3 is 2.48 bits per heavy atom. The van der Waals surface area contributed by atoms with Crippen LogP contribution in [-0.2, 0) is 4.79 Å². The molecule has 0 radical (unpaired) electrons. The van der Waals surface area contributed by atoms with Crippen molar-refractivity contribution in [3.05, 3.63) is 36.5 Å². The van der Waals surface area contributed by atoms with Gasteiger partial charge in [0.1, 0.15) is 5.75 Å². The van der Waals surface area contributed by atoms with E-state index in [1.165, 1.54) is 11.9 Å². The van der Waals surface area contributed by atoms with Gasteiger partial charge < -0.3 is 4.74 Å². The van der Waals surface area contributed by atoms with Gasteiger partial charge in [-0.15, -0.1) is 0 Å². The number of fused-ring (bicyclic) bond motifs is 1. The van der Waals surface area contributed by atoms with Crippen LogP contribution >= 0.6 is 0 Å². The number of imide groups is 1. The topological polar surface area (TPSA) is 76.2 Å². The van der Waals surface area contributed by atoms with Crippen molar-refractivity contribution in [1.29, 1.82) is 0 Å². The summed E-state index contributed by atoms with van der Waals surface area (Å²) in [4.78, 5) is 34.6. The highest BCUT2D eigenvalue weighted by Crippen LogP contribution is 2.22. The molecule has 0 aromatic heterocycles. The van der Waals surface area contributed by atoms with Gasteiger partial charge in [-0.25, -0.2) is 14.7 Å². The molecule has 0 spiro atoms. The molecule has 3 rings (SSSR count). The van der Waals surface area contributed by atoms with Crippen LogP contribution in [0.15, 0.2) is 41.5 Å². The summed E-state index contributed by atoms with van der Waals surface area (Å²) in [5.74, 6) is 0.343. The van der Waals surface area contributed by atoms with Crippen molar-refractivity contribution in [2.75, 3.05) is 21.2 Å². The van der Waals surface area contributed by atoms with E-state index in [0.29, 0.717) is 17.2 Å². The first-order chi connectivity index (χ1) is 11.0. The number of hydrogen-bond donors (Lipinski definition) is 1. The molecule has 7 nitrogen and oxygen atoms in total. The lowest BCUT2D eigenvalue weighted by molar-refractivity contribution is -0.382. The Balaban J connectivity index is 1.99. The Kier molecular flexibility index (Phi) is 3.69. The Morgan fingerprint density at radius 2 is 1.83 bits per heavy atom. The molecule has 0 bridgehead atoms. The average Bonchev–Trinajstić information content (AvgIpc) is 2.58. The maximum atomic E-state index is 12.5. The quantitative estimate of drug-likeness (QED) is 0.829. The van der Waals surface area contributed by atoms with Gasteiger partial charge in [0.05, 0.1) is 31.8 Å². The van der Waals surface area contributed by atoms with Crippen LogP contribution in [0.1, 0.15) is 0 Å². The average molecular weight is 313 g/mol. The standard InChI is InChI=1S/C16H16N4O3/c1-19-14-13(15(21)20(2)16(19)22)12(8-9-17-14)18-10-4-6-11(23-3)7-5-10/h4-9,13H,1-3H3/p+1. The molecule has 3 amide bonds. The Morgan fingerprint density at radius 1 is 1.13 bits per heavy atom. The highest BCUT2D eigenvalue weighted by atomic mass is 16.5. The van der Waals surface area contributed by atoms with Crippen LogP contribution in [-0.4, -0.2) is 54.5 Å². The van der Waals surface area contributed by atoms with Gasteiger partial charge in [0.2, 0.25) is 0 Å². The molecule has 1 fully saturated rings. The van der Waals surface area contributed by atoms with Crippen molar-refractivity contribution in [3.63, 3.8) is 0 Å². The van der Waals surface area contributed by atoms with E-state index in [0.717, 1.165) is 10.6 Å². The smallest absolute Gasteiger partial charge is 0.417 e. The number of urea groups is 1. The number of hydrogen-bond acceptors (Lipinski definition) is 4. The lowest BCUT2D eigenvalue weighted by Crippen LogP contribution is -2.79. The first kappa shape index (κ1) is 15.0. The molecule has 1 atom stereocenters. The molecule has 1 aromatic rings. The minimum absolute atomic E-state index is 0.299. The number of amidine groups is 1. The lowest BCUT2D eigenvalue weighted by atomic mass is 9.95. The summed E-state index contributed by atoms with van der Waals surface area (Å²) in [5, 5.41) is 0. The van der Waals surface area contributed by atoms with Crippen molar-refractivity contribution in [3.8, 4) is 5.75 Å². The summed E-state index contributed by atoms with van der Waals surface area (Å²) < 4.78 is 5.12. The zero-order valence-corrected chi connectivity index (χ0v) is 13.1. The third-order valence-corrected chi connectivity index (χ3v) is 3.90. The van der Waals surface area contributed by atoms with Gasteiger partial charge in [0.25, 0.3) is 11.7 Å². The van der Waals surface area contributed by atoms with Gasteiger partial charge in [0.15, 0.2) is 5.92 Å². The Labute approximate surface area is 133 Å². The molecule has 1 unspecified atom stereocenters. The van der Waals surface area contributed by atoms with Crippen molar-refractivity contribution >= 4 is 29.2 Å². The minimum Gasteiger partial charge on any atom is -0.497 e. The van der Waals surface area contributed by atoms with E-state index in [9.17, 15) is 9.59 Å². The van der Waals surface area contributed by atoms with Gasteiger partial charge in [-0.2, -0.15) is 4.90 Å². The van der Waals surface area contributed by atoms with Crippen LogP contribution in [0.3, 0.4) is 0 Å². The van der Waals surface area contributed by atoms with Crippen molar-refractivity contribution in [2.45, 2.75) is 0 Å². The highest BCUT2D eigenvalue weighted by Gasteiger charge is 2.49. The number of methoxy groups -OCH3 is 1. The van der Waals surface area contributed by atoms with Gasteiger partial charge in [0, 0.05) is 13.1 Å². The van der Waals surface area contributed by atoms with Crippen LogP contribution in [0.2, 0.25) is 0 Å². The predicted octanol–water partition coefficient (Wildman–Crippen LogP) is -0.0859. The number of aliphatic imine (C=N–C) groups is 1. The van der Waals surface area contributed by atoms with E-state index >= 15 is 0 Å². The number of nitrogens with zero attached hydrogens (tertiary/aromatic N) is 3. The summed E-state index contributed by atoms with van der Waals surface area (Å²) in [6, 6.07) is 6.87. The first-order valence-electron chi connectivity index (χ1n) is 7.10. The molecule has 2 heterocycles. The number of ether oxygens (including phenoxy) is 1. The number of amides is 3. The van der Waals surface area contributed by atoms with Crippen molar-refractivity contribution in [1.82, 2.24) is 9.80 Å². The molecule has 0 saturated carbocycles. The summed E-state index contributed by atoms with van der Waals surface area (Å²) >= 11 is 0. The zero-order valence-electron chi connectivity index (χ0n) is 13.1. The highest BCUT2D eigenvalue weighted by molar-refractivity contribution is 6.30. The second-order valence-corrected chi connectivity index (χ2v) is 5.27. The fourth-order valence-corrected chi connectivity index (χ4v) is 2.59. The van der Waals surface area contributed by atoms with E-state index < -0.39 is 5.92 Å². The van der Waals surface area contributed by atoms with E-state index in [1.54, 1.807) is 38.6 Å². The minimum atomic E-state index is -0.616. The van der Waals surface area contributed by atoms with E-state index in [-0.39, 0.29) is 11.9 Å².